The Labute approximate surface area is 85.2 Å². The van der Waals surface area contributed by atoms with Gasteiger partial charge in [-0.1, -0.05) is 19.9 Å². The Kier molecular flexibility index (Phi) is 7.06. The van der Waals surface area contributed by atoms with Gasteiger partial charge in [-0.3, -0.25) is 9.69 Å². The minimum absolute atomic E-state index is 0.127. The number of aliphatic hydroxyl groups is 1. The van der Waals surface area contributed by atoms with E-state index < -0.39 is 0 Å². The zero-order valence-electron chi connectivity index (χ0n) is 8.95. The molecule has 0 aromatic heterocycles. The third-order valence-corrected chi connectivity index (χ3v) is 1.71. The van der Waals surface area contributed by atoms with E-state index in [0.717, 1.165) is 12.8 Å². The molecule has 1 amide bonds. The van der Waals surface area contributed by atoms with Crippen molar-refractivity contribution >= 4 is 5.91 Å². The van der Waals surface area contributed by atoms with Crippen molar-refractivity contribution in [1.82, 2.24) is 4.90 Å². The standard InChI is InChI=1S/C10H19NO3/c1-4-5-6-14-8-11(7-12)10(13)9(2)3/h12H,2,4-8H2,1,3H3. The Morgan fingerprint density at radius 3 is 2.64 bits per heavy atom. The first-order chi connectivity index (χ1) is 6.63. The number of hydrogen-bond donors (Lipinski definition) is 1. The molecule has 0 aliphatic rings. The Hall–Kier alpha value is -0.870. The van der Waals surface area contributed by atoms with E-state index in [1.165, 1.54) is 4.90 Å². The molecule has 0 saturated heterocycles. The molecule has 0 rings (SSSR count). The number of carbonyl (C=O) groups excluding carboxylic acids is 1. The van der Waals surface area contributed by atoms with Gasteiger partial charge >= 0.3 is 0 Å². The summed E-state index contributed by atoms with van der Waals surface area (Å²) in [4.78, 5) is 12.5. The van der Waals surface area contributed by atoms with Crippen molar-refractivity contribution in [2.45, 2.75) is 26.7 Å². The van der Waals surface area contributed by atoms with Gasteiger partial charge in [0.25, 0.3) is 5.91 Å². The van der Waals surface area contributed by atoms with Crippen LogP contribution in [0.25, 0.3) is 0 Å². The van der Waals surface area contributed by atoms with Crippen molar-refractivity contribution in [1.29, 1.82) is 0 Å². The molecule has 0 atom stereocenters. The first-order valence-corrected chi connectivity index (χ1v) is 4.76. The summed E-state index contributed by atoms with van der Waals surface area (Å²) >= 11 is 0. The molecule has 0 aliphatic heterocycles. The largest absolute Gasteiger partial charge is 0.376 e. The first-order valence-electron chi connectivity index (χ1n) is 4.76. The van der Waals surface area contributed by atoms with E-state index in [4.69, 9.17) is 9.84 Å². The highest BCUT2D eigenvalue weighted by molar-refractivity contribution is 5.91. The number of aliphatic hydroxyl groups excluding tert-OH is 1. The van der Waals surface area contributed by atoms with Crippen LogP contribution in [0.15, 0.2) is 12.2 Å². The molecule has 0 radical (unpaired) electrons. The molecule has 0 unspecified atom stereocenters. The maximum absolute atomic E-state index is 11.3. The van der Waals surface area contributed by atoms with E-state index in [-0.39, 0.29) is 19.4 Å². The molecule has 0 spiro atoms. The van der Waals surface area contributed by atoms with E-state index >= 15 is 0 Å². The van der Waals surface area contributed by atoms with Gasteiger partial charge in [0.2, 0.25) is 0 Å². The van der Waals surface area contributed by atoms with Crippen molar-refractivity contribution in [3.05, 3.63) is 12.2 Å². The lowest BCUT2D eigenvalue weighted by molar-refractivity contribution is -0.137. The molecule has 82 valence electrons. The van der Waals surface area contributed by atoms with Gasteiger partial charge in [-0.05, 0) is 13.3 Å². The van der Waals surface area contributed by atoms with Crippen molar-refractivity contribution in [2.75, 3.05) is 20.1 Å². The molecular formula is C10H19NO3. The Morgan fingerprint density at radius 1 is 1.57 bits per heavy atom. The van der Waals surface area contributed by atoms with Crippen molar-refractivity contribution < 1.29 is 14.6 Å². The van der Waals surface area contributed by atoms with Crippen LogP contribution in [0.3, 0.4) is 0 Å². The third kappa shape index (κ3) is 4.99. The summed E-state index contributed by atoms with van der Waals surface area (Å²) in [6.45, 7) is 7.58. The summed E-state index contributed by atoms with van der Waals surface area (Å²) in [6, 6.07) is 0. The van der Waals surface area contributed by atoms with Gasteiger partial charge in [0.1, 0.15) is 13.5 Å². The van der Waals surface area contributed by atoms with E-state index in [0.29, 0.717) is 12.2 Å². The van der Waals surface area contributed by atoms with Crippen molar-refractivity contribution in [2.24, 2.45) is 0 Å². The lowest BCUT2D eigenvalue weighted by Crippen LogP contribution is -2.34. The maximum Gasteiger partial charge on any atom is 0.252 e. The lowest BCUT2D eigenvalue weighted by Gasteiger charge is -2.19. The second-order valence-corrected chi connectivity index (χ2v) is 3.16. The van der Waals surface area contributed by atoms with Crippen LogP contribution in [0.5, 0.6) is 0 Å². The zero-order valence-corrected chi connectivity index (χ0v) is 8.95. The predicted molar refractivity (Wildman–Crippen MR) is 54.5 cm³/mol. The van der Waals surface area contributed by atoms with E-state index in [1.54, 1.807) is 6.92 Å². The Bertz CT molecular complexity index is 192. The quantitative estimate of drug-likeness (QED) is 0.381. The molecule has 0 aromatic rings. The van der Waals surface area contributed by atoms with Crippen molar-refractivity contribution in [3.63, 3.8) is 0 Å². The lowest BCUT2D eigenvalue weighted by atomic mass is 10.3. The van der Waals surface area contributed by atoms with Crippen LogP contribution in [-0.2, 0) is 9.53 Å². The summed E-state index contributed by atoms with van der Waals surface area (Å²) in [7, 11) is 0. The molecule has 0 fully saturated rings. The summed E-state index contributed by atoms with van der Waals surface area (Å²) in [5, 5.41) is 8.89. The number of hydrogen-bond acceptors (Lipinski definition) is 3. The monoisotopic (exact) mass is 201 g/mol. The van der Waals surface area contributed by atoms with Crippen molar-refractivity contribution in [3.8, 4) is 0 Å². The number of unbranched alkanes of at least 4 members (excludes halogenated alkanes) is 1. The van der Waals surface area contributed by atoms with Gasteiger partial charge in [0.05, 0.1) is 0 Å². The number of nitrogens with zero attached hydrogens (tertiary/aromatic N) is 1. The van der Waals surface area contributed by atoms with Crippen LogP contribution < -0.4 is 0 Å². The summed E-state index contributed by atoms with van der Waals surface area (Å²) in [5.74, 6) is -0.274. The van der Waals surface area contributed by atoms with Gasteiger partial charge in [-0.15, -0.1) is 0 Å². The molecule has 0 saturated carbocycles. The minimum Gasteiger partial charge on any atom is -0.376 e. The van der Waals surface area contributed by atoms with Gasteiger partial charge in [0.15, 0.2) is 0 Å². The minimum atomic E-state index is -0.335. The highest BCUT2D eigenvalue weighted by atomic mass is 16.5. The zero-order chi connectivity index (χ0) is 11.0. The van der Waals surface area contributed by atoms with Crippen LogP contribution in [0, 0.1) is 0 Å². The van der Waals surface area contributed by atoms with Gasteiger partial charge in [-0.25, -0.2) is 0 Å². The van der Waals surface area contributed by atoms with Crippen LogP contribution >= 0.6 is 0 Å². The van der Waals surface area contributed by atoms with Crippen LogP contribution in [-0.4, -0.2) is 36.0 Å². The van der Waals surface area contributed by atoms with Gasteiger partial charge < -0.3 is 9.84 Å². The second-order valence-electron chi connectivity index (χ2n) is 3.16. The molecular weight excluding hydrogens is 182 g/mol. The molecule has 0 aliphatic carbocycles. The molecule has 4 nitrogen and oxygen atoms in total. The van der Waals surface area contributed by atoms with E-state index in [2.05, 4.69) is 13.5 Å². The number of amides is 1. The average Bonchev–Trinajstić information content (AvgIpc) is 2.17. The number of rotatable bonds is 7. The Morgan fingerprint density at radius 2 is 2.21 bits per heavy atom. The molecule has 0 aromatic carbocycles. The Balaban J connectivity index is 3.79. The fourth-order valence-corrected chi connectivity index (χ4v) is 0.855. The van der Waals surface area contributed by atoms with Crippen LogP contribution in [0.2, 0.25) is 0 Å². The second kappa shape index (κ2) is 7.53. The fraction of sp³-hybridized carbons (Fsp3) is 0.700. The average molecular weight is 201 g/mol. The molecule has 0 bridgehead atoms. The van der Waals surface area contributed by atoms with E-state index in [9.17, 15) is 4.79 Å². The number of carbonyl (C=O) groups is 1. The maximum atomic E-state index is 11.3. The van der Waals surface area contributed by atoms with Crippen LogP contribution in [0.4, 0.5) is 0 Å². The summed E-state index contributed by atoms with van der Waals surface area (Å²) in [6.07, 6.45) is 2.01. The van der Waals surface area contributed by atoms with Gasteiger partial charge in [0, 0.05) is 12.2 Å². The molecule has 4 heteroatoms. The highest BCUT2D eigenvalue weighted by Crippen LogP contribution is 1.98. The smallest absolute Gasteiger partial charge is 0.252 e. The predicted octanol–water partition coefficient (Wildman–Crippen LogP) is 1.12. The fourth-order valence-electron chi connectivity index (χ4n) is 0.855. The number of ether oxygens (including phenoxy) is 1. The molecule has 0 heterocycles. The summed E-state index contributed by atoms with van der Waals surface area (Å²) in [5.41, 5.74) is 0.401. The SMILES string of the molecule is C=C(C)C(=O)N(CO)COCCCC. The summed E-state index contributed by atoms with van der Waals surface area (Å²) < 4.78 is 5.20. The third-order valence-electron chi connectivity index (χ3n) is 1.71. The topological polar surface area (TPSA) is 49.8 Å². The van der Waals surface area contributed by atoms with Crippen LogP contribution in [0.1, 0.15) is 26.7 Å². The first kappa shape index (κ1) is 13.1. The van der Waals surface area contributed by atoms with E-state index in [1.807, 2.05) is 0 Å². The molecule has 1 N–H and O–H groups in total. The normalized spacial score (nSPS) is 9.93. The van der Waals surface area contributed by atoms with Gasteiger partial charge in [-0.2, -0.15) is 0 Å². The molecule has 14 heavy (non-hydrogen) atoms. The highest BCUT2D eigenvalue weighted by Gasteiger charge is 2.12.